The zero-order chi connectivity index (χ0) is 16.3. The lowest BCUT2D eigenvalue weighted by molar-refractivity contribution is -0.141. The molecule has 1 fully saturated rings. The van der Waals surface area contributed by atoms with Crippen LogP contribution in [-0.2, 0) is 9.59 Å². The van der Waals surface area contributed by atoms with Crippen LogP contribution in [0.15, 0.2) is 18.5 Å². The third-order valence-electron chi connectivity index (χ3n) is 4.34. The Hall–Kier alpha value is -1.89. The van der Waals surface area contributed by atoms with Gasteiger partial charge in [0.25, 0.3) is 0 Å². The van der Waals surface area contributed by atoms with Gasteiger partial charge in [0.15, 0.2) is 0 Å². The van der Waals surface area contributed by atoms with Crippen molar-refractivity contribution in [1.82, 2.24) is 19.6 Å². The monoisotopic (exact) mass is 307 g/mol. The summed E-state index contributed by atoms with van der Waals surface area (Å²) in [6, 6.07) is 1.54. The average Bonchev–Trinajstić information content (AvgIpc) is 3.14. The first kappa shape index (κ1) is 16.5. The molecule has 0 saturated carbocycles. The molecule has 0 spiro atoms. The van der Waals surface area contributed by atoms with Crippen LogP contribution in [0.5, 0.6) is 0 Å². The summed E-state index contributed by atoms with van der Waals surface area (Å²) >= 11 is 0. The molecule has 1 aromatic rings. The lowest BCUT2D eigenvalue weighted by Crippen LogP contribution is -2.44. The molecule has 22 heavy (non-hydrogen) atoms. The molecule has 0 aromatic carbocycles. The molecule has 3 atom stereocenters. The molecule has 2 heterocycles. The summed E-state index contributed by atoms with van der Waals surface area (Å²) in [5, 5.41) is 4.07. The first-order valence-electron chi connectivity index (χ1n) is 7.67. The molecule has 1 aliphatic rings. The lowest BCUT2D eigenvalue weighted by atomic mass is 10.1. The van der Waals surface area contributed by atoms with Gasteiger partial charge in [0.1, 0.15) is 6.04 Å². The minimum Gasteiger partial charge on any atom is -0.338 e. The van der Waals surface area contributed by atoms with Crippen LogP contribution in [0.2, 0.25) is 0 Å². The Labute approximate surface area is 131 Å². The number of hydrogen-bond acceptors (Lipinski definition) is 4. The predicted molar refractivity (Wildman–Crippen MR) is 82.9 cm³/mol. The lowest BCUT2D eigenvalue weighted by Gasteiger charge is -2.26. The van der Waals surface area contributed by atoms with Gasteiger partial charge in [0.05, 0.1) is 6.54 Å². The van der Waals surface area contributed by atoms with Gasteiger partial charge in [0, 0.05) is 32.0 Å². The molecule has 0 bridgehead atoms. The fourth-order valence-electron chi connectivity index (χ4n) is 2.97. The summed E-state index contributed by atoms with van der Waals surface area (Å²) in [7, 11) is 1.65. The van der Waals surface area contributed by atoms with E-state index in [1.165, 1.54) is 4.90 Å². The number of rotatable bonds is 5. The zero-order valence-electron chi connectivity index (χ0n) is 13.5. The van der Waals surface area contributed by atoms with E-state index in [-0.39, 0.29) is 24.4 Å². The van der Waals surface area contributed by atoms with Crippen molar-refractivity contribution in [2.75, 3.05) is 26.7 Å². The molecule has 2 amide bonds. The highest BCUT2D eigenvalue weighted by molar-refractivity contribution is 5.86. The molecule has 2 rings (SSSR count). The van der Waals surface area contributed by atoms with Crippen molar-refractivity contribution in [3.63, 3.8) is 0 Å². The van der Waals surface area contributed by atoms with E-state index in [9.17, 15) is 9.59 Å². The van der Waals surface area contributed by atoms with Gasteiger partial charge in [-0.15, -0.1) is 0 Å². The second-order valence-corrected chi connectivity index (χ2v) is 6.09. The van der Waals surface area contributed by atoms with E-state index in [1.54, 1.807) is 37.1 Å². The quantitative estimate of drug-likeness (QED) is 0.836. The highest BCUT2D eigenvalue weighted by atomic mass is 16.2. The number of carbonyl (C=O) groups is 2. The van der Waals surface area contributed by atoms with E-state index in [4.69, 9.17) is 5.73 Å². The number of nitrogens with two attached hydrogens (primary N) is 1. The third-order valence-corrected chi connectivity index (χ3v) is 4.34. The smallest absolute Gasteiger partial charge is 0.247 e. The van der Waals surface area contributed by atoms with Gasteiger partial charge < -0.3 is 15.5 Å². The van der Waals surface area contributed by atoms with Crippen LogP contribution in [0, 0.1) is 5.92 Å². The summed E-state index contributed by atoms with van der Waals surface area (Å²) in [6.07, 6.45) is 4.31. The summed E-state index contributed by atoms with van der Waals surface area (Å²) in [5.74, 6) is 0.217. The van der Waals surface area contributed by atoms with Crippen LogP contribution in [-0.4, -0.2) is 64.1 Å². The van der Waals surface area contributed by atoms with Crippen LogP contribution in [0.4, 0.5) is 0 Å². The largest absolute Gasteiger partial charge is 0.338 e. The second-order valence-electron chi connectivity index (χ2n) is 6.09. The summed E-state index contributed by atoms with van der Waals surface area (Å²) in [5.41, 5.74) is 5.69. The van der Waals surface area contributed by atoms with E-state index in [2.05, 4.69) is 5.10 Å². The SMILES string of the molecule is CC1CC(CN)CN1C(=O)CN(C)C(=O)C(C)n1cccn1. The van der Waals surface area contributed by atoms with E-state index in [0.717, 1.165) is 6.42 Å². The molecule has 122 valence electrons. The molecule has 2 N–H and O–H groups in total. The molecule has 3 unspecified atom stereocenters. The Morgan fingerprint density at radius 3 is 2.77 bits per heavy atom. The minimum atomic E-state index is -0.416. The topological polar surface area (TPSA) is 84.5 Å². The predicted octanol–water partition coefficient (Wildman–Crippen LogP) is 0.0982. The van der Waals surface area contributed by atoms with Gasteiger partial charge in [-0.3, -0.25) is 14.3 Å². The fraction of sp³-hybridized carbons (Fsp3) is 0.667. The summed E-state index contributed by atoms with van der Waals surface area (Å²) in [4.78, 5) is 28.1. The molecule has 0 aliphatic carbocycles. The molecule has 7 heteroatoms. The number of aromatic nitrogens is 2. The maximum Gasteiger partial charge on any atom is 0.247 e. The van der Waals surface area contributed by atoms with Crippen LogP contribution in [0.3, 0.4) is 0 Å². The van der Waals surface area contributed by atoms with E-state index >= 15 is 0 Å². The third kappa shape index (κ3) is 3.47. The molecule has 1 saturated heterocycles. The van der Waals surface area contributed by atoms with Crippen molar-refractivity contribution in [2.45, 2.75) is 32.4 Å². The number of amides is 2. The number of carbonyl (C=O) groups excluding carboxylic acids is 2. The van der Waals surface area contributed by atoms with Gasteiger partial charge in [-0.05, 0) is 38.8 Å². The van der Waals surface area contributed by atoms with Crippen molar-refractivity contribution in [2.24, 2.45) is 11.7 Å². The Morgan fingerprint density at radius 1 is 1.50 bits per heavy atom. The Balaban J connectivity index is 1.92. The van der Waals surface area contributed by atoms with Gasteiger partial charge >= 0.3 is 0 Å². The summed E-state index contributed by atoms with van der Waals surface area (Å²) in [6.45, 7) is 5.18. The maximum atomic E-state index is 12.4. The van der Waals surface area contributed by atoms with Crippen molar-refractivity contribution < 1.29 is 9.59 Å². The van der Waals surface area contributed by atoms with E-state index < -0.39 is 6.04 Å². The molecule has 0 radical (unpaired) electrons. The van der Waals surface area contributed by atoms with Crippen molar-refractivity contribution in [3.05, 3.63) is 18.5 Å². The standard InChI is InChI=1S/C15H25N5O2/c1-11-7-13(8-16)9-19(11)14(21)10-18(3)15(22)12(2)20-6-4-5-17-20/h4-6,11-13H,7-10,16H2,1-3H3. The molecular formula is C15H25N5O2. The number of likely N-dealkylation sites (N-methyl/N-ethyl adjacent to an activating group) is 1. The fourth-order valence-corrected chi connectivity index (χ4v) is 2.97. The summed E-state index contributed by atoms with van der Waals surface area (Å²) < 4.78 is 1.59. The van der Waals surface area contributed by atoms with Crippen LogP contribution < -0.4 is 5.73 Å². The van der Waals surface area contributed by atoms with Crippen LogP contribution >= 0.6 is 0 Å². The molecular weight excluding hydrogens is 282 g/mol. The van der Waals surface area contributed by atoms with Gasteiger partial charge in [-0.25, -0.2) is 0 Å². The Bertz CT molecular complexity index is 516. The van der Waals surface area contributed by atoms with Gasteiger partial charge in [-0.2, -0.15) is 5.10 Å². The Kier molecular flexibility index (Phi) is 5.18. The minimum absolute atomic E-state index is 0.0213. The maximum absolute atomic E-state index is 12.4. The molecule has 7 nitrogen and oxygen atoms in total. The highest BCUT2D eigenvalue weighted by Crippen LogP contribution is 2.22. The second kappa shape index (κ2) is 6.91. The first-order chi connectivity index (χ1) is 10.4. The van der Waals surface area contributed by atoms with Crippen LogP contribution in [0.1, 0.15) is 26.3 Å². The van der Waals surface area contributed by atoms with Crippen molar-refractivity contribution in [3.8, 4) is 0 Å². The van der Waals surface area contributed by atoms with Crippen molar-refractivity contribution in [1.29, 1.82) is 0 Å². The number of nitrogens with zero attached hydrogens (tertiary/aromatic N) is 4. The Morgan fingerprint density at radius 2 is 2.23 bits per heavy atom. The van der Waals surface area contributed by atoms with Crippen LogP contribution in [0.25, 0.3) is 0 Å². The zero-order valence-corrected chi connectivity index (χ0v) is 13.5. The molecule has 1 aromatic heterocycles. The number of hydrogen-bond donors (Lipinski definition) is 1. The number of likely N-dealkylation sites (tertiary alicyclic amines) is 1. The van der Waals surface area contributed by atoms with E-state index in [0.29, 0.717) is 19.0 Å². The van der Waals surface area contributed by atoms with Gasteiger partial charge in [-0.1, -0.05) is 0 Å². The van der Waals surface area contributed by atoms with Gasteiger partial charge in [0.2, 0.25) is 11.8 Å². The average molecular weight is 307 g/mol. The molecule has 1 aliphatic heterocycles. The van der Waals surface area contributed by atoms with E-state index in [1.807, 2.05) is 11.8 Å². The highest BCUT2D eigenvalue weighted by Gasteiger charge is 2.32. The first-order valence-corrected chi connectivity index (χ1v) is 7.67. The van der Waals surface area contributed by atoms with Crippen molar-refractivity contribution >= 4 is 11.8 Å². The normalized spacial score (nSPS) is 22.6.